The maximum absolute atomic E-state index is 12.3. The van der Waals surface area contributed by atoms with Crippen LogP contribution in [0.1, 0.15) is 27.7 Å². The summed E-state index contributed by atoms with van der Waals surface area (Å²) < 4.78 is 0. The Morgan fingerprint density at radius 2 is 1.62 bits per heavy atom. The van der Waals surface area contributed by atoms with Gasteiger partial charge in [-0.3, -0.25) is 4.90 Å². The number of carbonyl (C=O) groups excluding carboxylic acids is 1. The van der Waals surface area contributed by atoms with E-state index in [4.69, 9.17) is 23.2 Å². The standard InChI is InChI=1S/C18H27Cl2N3O/c1-12(2)8-22(9-13(3)4)17-10-23(11-17)18(24)21-16-6-14(19)5-15(20)7-16/h5-7,12-13,17H,8-11H2,1-4H3,(H,21,24). The number of likely N-dealkylation sites (tertiary alicyclic amines) is 1. The zero-order valence-corrected chi connectivity index (χ0v) is 16.4. The van der Waals surface area contributed by atoms with Crippen molar-refractivity contribution in [2.45, 2.75) is 33.7 Å². The molecule has 0 unspecified atom stereocenters. The fraction of sp³-hybridized carbons (Fsp3) is 0.611. The number of nitrogens with one attached hydrogen (secondary N) is 1. The zero-order chi connectivity index (χ0) is 17.9. The molecule has 1 aliphatic heterocycles. The number of benzene rings is 1. The Bertz CT molecular complexity index is 541. The van der Waals surface area contributed by atoms with Crippen LogP contribution in [0.15, 0.2) is 18.2 Å². The van der Waals surface area contributed by atoms with Crippen LogP contribution < -0.4 is 5.32 Å². The lowest BCUT2D eigenvalue weighted by atomic mass is 10.0. The van der Waals surface area contributed by atoms with E-state index in [1.165, 1.54) is 0 Å². The highest BCUT2D eigenvalue weighted by Gasteiger charge is 2.35. The third-order valence-corrected chi connectivity index (χ3v) is 4.42. The summed E-state index contributed by atoms with van der Waals surface area (Å²) in [5, 5.41) is 3.89. The van der Waals surface area contributed by atoms with Gasteiger partial charge < -0.3 is 10.2 Å². The Balaban J connectivity index is 1.88. The van der Waals surface area contributed by atoms with E-state index in [9.17, 15) is 4.79 Å². The molecule has 0 atom stereocenters. The van der Waals surface area contributed by atoms with Crippen molar-refractivity contribution in [2.75, 3.05) is 31.5 Å². The van der Waals surface area contributed by atoms with Gasteiger partial charge in [0.1, 0.15) is 0 Å². The molecule has 2 amide bonds. The largest absolute Gasteiger partial charge is 0.321 e. The van der Waals surface area contributed by atoms with Crippen LogP contribution in [0.5, 0.6) is 0 Å². The predicted molar refractivity (Wildman–Crippen MR) is 102 cm³/mol. The van der Waals surface area contributed by atoms with Gasteiger partial charge in [0.25, 0.3) is 0 Å². The SMILES string of the molecule is CC(C)CN(CC(C)C)C1CN(C(=O)Nc2cc(Cl)cc(Cl)c2)C1. The number of nitrogens with zero attached hydrogens (tertiary/aromatic N) is 2. The topological polar surface area (TPSA) is 35.6 Å². The minimum absolute atomic E-state index is 0.0985. The number of carbonyl (C=O) groups is 1. The van der Waals surface area contributed by atoms with Gasteiger partial charge >= 0.3 is 6.03 Å². The quantitative estimate of drug-likeness (QED) is 0.777. The first kappa shape index (κ1) is 19.4. The Morgan fingerprint density at radius 1 is 1.12 bits per heavy atom. The second kappa shape index (κ2) is 8.41. The van der Waals surface area contributed by atoms with E-state index in [0.717, 1.165) is 26.2 Å². The zero-order valence-electron chi connectivity index (χ0n) is 14.9. The van der Waals surface area contributed by atoms with Gasteiger partial charge in [-0.25, -0.2) is 4.79 Å². The van der Waals surface area contributed by atoms with Crippen molar-refractivity contribution in [1.29, 1.82) is 0 Å². The minimum atomic E-state index is -0.0985. The van der Waals surface area contributed by atoms with Gasteiger partial charge in [0.2, 0.25) is 0 Å². The maximum Gasteiger partial charge on any atom is 0.321 e. The van der Waals surface area contributed by atoms with E-state index in [1.54, 1.807) is 18.2 Å². The maximum atomic E-state index is 12.3. The molecule has 0 aliphatic carbocycles. The molecule has 1 aromatic rings. The van der Waals surface area contributed by atoms with Crippen molar-refractivity contribution in [3.8, 4) is 0 Å². The number of amides is 2. The van der Waals surface area contributed by atoms with Crippen LogP contribution in [0.3, 0.4) is 0 Å². The van der Waals surface area contributed by atoms with Gasteiger partial charge in [-0.2, -0.15) is 0 Å². The average molecular weight is 372 g/mol. The smallest absolute Gasteiger partial charge is 0.321 e. The molecule has 1 saturated heterocycles. The van der Waals surface area contributed by atoms with E-state index in [-0.39, 0.29) is 6.03 Å². The van der Waals surface area contributed by atoms with Crippen LogP contribution in [-0.2, 0) is 0 Å². The summed E-state index contributed by atoms with van der Waals surface area (Å²) in [6, 6.07) is 5.40. The van der Waals surface area contributed by atoms with Gasteiger partial charge in [0.15, 0.2) is 0 Å². The van der Waals surface area contributed by atoms with E-state index >= 15 is 0 Å². The van der Waals surface area contributed by atoms with E-state index in [1.807, 2.05) is 4.90 Å². The van der Waals surface area contributed by atoms with Gasteiger partial charge in [-0.1, -0.05) is 50.9 Å². The van der Waals surface area contributed by atoms with Crippen LogP contribution in [0.25, 0.3) is 0 Å². The second-order valence-electron chi connectivity index (χ2n) is 7.39. The molecule has 0 aromatic heterocycles. The molecule has 0 saturated carbocycles. The Kier molecular flexibility index (Phi) is 6.79. The molecule has 6 heteroatoms. The molecular formula is C18H27Cl2N3O. The van der Waals surface area contributed by atoms with Gasteiger partial charge in [0.05, 0.1) is 0 Å². The molecule has 0 spiro atoms. The minimum Gasteiger partial charge on any atom is -0.321 e. The first-order chi connectivity index (χ1) is 11.2. The fourth-order valence-corrected chi connectivity index (χ4v) is 3.52. The number of anilines is 1. The monoisotopic (exact) mass is 371 g/mol. The van der Waals surface area contributed by atoms with Crippen molar-refractivity contribution in [2.24, 2.45) is 11.8 Å². The van der Waals surface area contributed by atoms with E-state index in [0.29, 0.717) is 33.6 Å². The highest BCUT2D eigenvalue weighted by atomic mass is 35.5. The second-order valence-corrected chi connectivity index (χ2v) is 8.26. The average Bonchev–Trinajstić information content (AvgIpc) is 2.33. The molecule has 4 nitrogen and oxygen atoms in total. The summed E-state index contributed by atoms with van der Waals surface area (Å²) >= 11 is 11.9. The van der Waals surface area contributed by atoms with E-state index < -0.39 is 0 Å². The number of urea groups is 1. The lowest BCUT2D eigenvalue weighted by Crippen LogP contribution is -2.62. The van der Waals surface area contributed by atoms with E-state index in [2.05, 4.69) is 37.9 Å². The molecular weight excluding hydrogens is 345 g/mol. The van der Waals surface area contributed by atoms with Crippen LogP contribution in [0.4, 0.5) is 10.5 Å². The molecule has 1 aliphatic rings. The summed E-state index contributed by atoms with van der Waals surface area (Å²) in [6.45, 7) is 12.6. The molecule has 1 fully saturated rings. The highest BCUT2D eigenvalue weighted by Crippen LogP contribution is 2.24. The molecule has 0 radical (unpaired) electrons. The summed E-state index contributed by atoms with van der Waals surface area (Å²) in [6.07, 6.45) is 0. The fourth-order valence-electron chi connectivity index (χ4n) is 2.99. The number of hydrogen-bond acceptors (Lipinski definition) is 2. The lowest BCUT2D eigenvalue weighted by molar-refractivity contribution is 0.0464. The molecule has 0 bridgehead atoms. The summed E-state index contributed by atoms with van der Waals surface area (Å²) in [7, 11) is 0. The third kappa shape index (κ3) is 5.54. The summed E-state index contributed by atoms with van der Waals surface area (Å²) in [4.78, 5) is 16.7. The third-order valence-electron chi connectivity index (χ3n) is 3.98. The van der Waals surface area contributed by atoms with Crippen molar-refractivity contribution in [1.82, 2.24) is 9.80 Å². The number of halogens is 2. The first-order valence-electron chi connectivity index (χ1n) is 8.50. The summed E-state index contributed by atoms with van der Waals surface area (Å²) in [5.74, 6) is 1.25. The Hall–Kier alpha value is -0.970. The highest BCUT2D eigenvalue weighted by molar-refractivity contribution is 6.35. The summed E-state index contributed by atoms with van der Waals surface area (Å²) in [5.41, 5.74) is 0.627. The Morgan fingerprint density at radius 3 is 2.08 bits per heavy atom. The van der Waals surface area contributed by atoms with Gasteiger partial charge in [0, 0.05) is 48.0 Å². The molecule has 2 rings (SSSR count). The predicted octanol–water partition coefficient (Wildman–Crippen LogP) is 4.82. The van der Waals surface area contributed by atoms with Gasteiger partial charge in [-0.05, 0) is 30.0 Å². The van der Waals surface area contributed by atoms with Crippen LogP contribution in [0.2, 0.25) is 10.0 Å². The Labute approximate surface area is 155 Å². The van der Waals surface area contributed by atoms with Crippen molar-refractivity contribution in [3.63, 3.8) is 0 Å². The van der Waals surface area contributed by atoms with Crippen LogP contribution >= 0.6 is 23.2 Å². The van der Waals surface area contributed by atoms with Crippen LogP contribution in [0, 0.1) is 11.8 Å². The molecule has 1 aromatic carbocycles. The van der Waals surface area contributed by atoms with Crippen LogP contribution in [-0.4, -0.2) is 48.1 Å². The lowest BCUT2D eigenvalue weighted by Gasteiger charge is -2.46. The molecule has 1 N–H and O–H groups in total. The van der Waals surface area contributed by atoms with Gasteiger partial charge in [-0.15, -0.1) is 0 Å². The molecule has 1 heterocycles. The van der Waals surface area contributed by atoms with Crippen molar-refractivity contribution in [3.05, 3.63) is 28.2 Å². The van der Waals surface area contributed by atoms with Crippen molar-refractivity contribution >= 4 is 34.9 Å². The normalized spacial score (nSPS) is 15.3. The number of rotatable bonds is 6. The van der Waals surface area contributed by atoms with Crippen molar-refractivity contribution < 1.29 is 4.79 Å². The number of hydrogen-bond donors (Lipinski definition) is 1. The first-order valence-corrected chi connectivity index (χ1v) is 9.26. The molecule has 24 heavy (non-hydrogen) atoms. The molecule has 134 valence electrons.